The highest BCUT2D eigenvalue weighted by Gasteiger charge is 2.51. The highest BCUT2D eigenvalue weighted by atomic mass is 32.2. The van der Waals surface area contributed by atoms with Gasteiger partial charge in [0.1, 0.15) is 5.75 Å². The third-order valence-corrected chi connectivity index (χ3v) is 9.06. The summed E-state index contributed by atoms with van der Waals surface area (Å²) in [6, 6.07) is 23.5. The van der Waals surface area contributed by atoms with E-state index in [1.165, 1.54) is 12.1 Å². The van der Waals surface area contributed by atoms with Crippen molar-refractivity contribution in [2.45, 2.75) is 35.3 Å². The number of nitrogens with two attached hydrogens (primary N) is 1. The summed E-state index contributed by atoms with van der Waals surface area (Å²) in [5, 5.41) is 0. The van der Waals surface area contributed by atoms with Gasteiger partial charge >= 0.3 is 0 Å². The maximum Gasteiger partial charge on any atom is 0.239 e. The molecular weight excluding hydrogens is 478 g/mol. The van der Waals surface area contributed by atoms with Crippen LogP contribution in [0.25, 0.3) is 11.1 Å². The normalized spacial score (nSPS) is 15.2. The molecule has 0 spiro atoms. The first-order valence-corrected chi connectivity index (χ1v) is 13.4. The molecule has 1 amide bonds. The Hall–Kier alpha value is -3.49. The Labute approximate surface area is 211 Å². The first kappa shape index (κ1) is 25.6. The van der Waals surface area contributed by atoms with Crippen molar-refractivity contribution in [2.75, 3.05) is 19.8 Å². The number of ether oxygens (including phenoxy) is 2. The lowest BCUT2D eigenvalue weighted by Gasteiger charge is -2.33. The molecule has 1 aliphatic heterocycles. The van der Waals surface area contributed by atoms with E-state index in [1.807, 2.05) is 54.6 Å². The summed E-state index contributed by atoms with van der Waals surface area (Å²) in [6.45, 7) is 0.640. The van der Waals surface area contributed by atoms with Crippen molar-refractivity contribution in [1.82, 2.24) is 0 Å². The van der Waals surface area contributed by atoms with E-state index in [2.05, 4.69) is 0 Å². The van der Waals surface area contributed by atoms with Gasteiger partial charge in [0.2, 0.25) is 5.91 Å². The molecule has 3 aromatic rings. The number of sulfone groups is 1. The Bertz CT molecular complexity index is 1300. The zero-order chi connectivity index (χ0) is 25.6. The largest absolute Gasteiger partial charge is 0.494 e. The number of rotatable bonds is 10. The number of hydrogen-bond acceptors (Lipinski definition) is 6. The topological polar surface area (TPSA) is 113 Å². The van der Waals surface area contributed by atoms with E-state index in [0.29, 0.717) is 30.8 Å². The third-order valence-electron chi connectivity index (χ3n) is 6.53. The molecule has 1 saturated heterocycles. The molecule has 1 heterocycles. The second kappa shape index (κ2) is 11.1. The van der Waals surface area contributed by atoms with Crippen LogP contribution >= 0.6 is 0 Å². The summed E-state index contributed by atoms with van der Waals surface area (Å²) < 4.78 is 35.7. The third kappa shape index (κ3) is 5.34. The lowest BCUT2D eigenvalue weighted by Crippen LogP contribution is -2.53. The number of primary amides is 1. The Balaban J connectivity index is 1.30. The zero-order valence-corrected chi connectivity index (χ0v) is 20.7. The zero-order valence-electron chi connectivity index (χ0n) is 19.9. The fraction of sp³-hybridized carbons (Fsp3) is 0.286. The molecule has 7 nitrogen and oxygen atoms in total. The highest BCUT2D eigenvalue weighted by Crippen LogP contribution is 2.35. The molecular formula is C28H29NO6S. The summed E-state index contributed by atoms with van der Waals surface area (Å²) in [6.07, 6.45) is 0.919. The van der Waals surface area contributed by atoms with Crippen molar-refractivity contribution in [3.05, 3.63) is 84.4 Å². The molecule has 0 radical (unpaired) electrons. The van der Waals surface area contributed by atoms with Gasteiger partial charge in [0.15, 0.2) is 20.4 Å². The first-order valence-electron chi connectivity index (χ1n) is 11.9. The fourth-order valence-electron chi connectivity index (χ4n) is 4.34. The van der Waals surface area contributed by atoms with Crippen LogP contribution in [0.4, 0.5) is 0 Å². The standard InChI is InChI=1S/C28H29NO6S/c29-27(31)28(16-19-34-20-17-28)36(32,33)25-14-12-24(13-15-25)35-18-4-7-26(30)23-10-8-22(9-11-23)21-5-2-1-3-6-21/h1-3,5-6,8-15H,4,7,16-20H2,(H2,29,31). The predicted molar refractivity (Wildman–Crippen MR) is 137 cm³/mol. The summed E-state index contributed by atoms with van der Waals surface area (Å²) in [4.78, 5) is 24.7. The maximum atomic E-state index is 13.2. The van der Waals surface area contributed by atoms with Crippen molar-refractivity contribution in [1.29, 1.82) is 0 Å². The number of carbonyl (C=O) groups is 2. The number of amides is 1. The predicted octanol–water partition coefficient (Wildman–Crippen LogP) is 4.20. The van der Waals surface area contributed by atoms with Gasteiger partial charge in [-0.3, -0.25) is 9.59 Å². The molecule has 1 fully saturated rings. The minimum Gasteiger partial charge on any atom is -0.494 e. The van der Waals surface area contributed by atoms with E-state index < -0.39 is 20.5 Å². The molecule has 2 N–H and O–H groups in total. The number of carbonyl (C=O) groups excluding carboxylic acids is 2. The van der Waals surface area contributed by atoms with Crippen molar-refractivity contribution >= 4 is 21.5 Å². The Morgan fingerprint density at radius 1 is 0.861 bits per heavy atom. The van der Waals surface area contributed by atoms with Crippen LogP contribution in [0.5, 0.6) is 5.75 Å². The van der Waals surface area contributed by atoms with E-state index >= 15 is 0 Å². The number of ketones is 1. The number of Topliss-reactive ketones (excluding diaryl/α,β-unsaturated/α-hetero) is 1. The summed E-state index contributed by atoms with van der Waals surface area (Å²) in [5.41, 5.74) is 8.32. The molecule has 0 bridgehead atoms. The van der Waals surface area contributed by atoms with Crippen LogP contribution in [-0.2, 0) is 19.4 Å². The van der Waals surface area contributed by atoms with Crippen molar-refractivity contribution in [3.8, 4) is 16.9 Å². The van der Waals surface area contributed by atoms with Crippen molar-refractivity contribution < 1.29 is 27.5 Å². The lowest BCUT2D eigenvalue weighted by atomic mass is 9.98. The minimum absolute atomic E-state index is 0.0182. The van der Waals surface area contributed by atoms with Crippen LogP contribution in [-0.4, -0.2) is 44.7 Å². The van der Waals surface area contributed by atoms with E-state index in [1.54, 1.807) is 12.1 Å². The number of hydrogen-bond donors (Lipinski definition) is 1. The number of benzene rings is 3. The Morgan fingerprint density at radius 2 is 1.47 bits per heavy atom. The Kier molecular flexibility index (Phi) is 7.86. The maximum absolute atomic E-state index is 13.2. The Morgan fingerprint density at radius 3 is 2.08 bits per heavy atom. The van der Waals surface area contributed by atoms with Gasteiger partial charge in [0.05, 0.1) is 11.5 Å². The van der Waals surface area contributed by atoms with Crippen molar-refractivity contribution in [2.24, 2.45) is 5.73 Å². The molecule has 8 heteroatoms. The minimum atomic E-state index is -3.98. The lowest BCUT2D eigenvalue weighted by molar-refractivity contribution is -0.122. The van der Waals surface area contributed by atoms with Gasteiger partial charge in [-0.15, -0.1) is 0 Å². The molecule has 188 valence electrons. The smallest absolute Gasteiger partial charge is 0.239 e. The first-order chi connectivity index (χ1) is 17.3. The molecule has 36 heavy (non-hydrogen) atoms. The summed E-state index contributed by atoms with van der Waals surface area (Å²) in [7, 11) is -3.98. The van der Waals surface area contributed by atoms with Crippen LogP contribution in [0.1, 0.15) is 36.0 Å². The van der Waals surface area contributed by atoms with Gasteiger partial charge in [-0.1, -0.05) is 54.6 Å². The molecule has 0 aliphatic carbocycles. The molecule has 0 saturated carbocycles. The quantitative estimate of drug-likeness (QED) is 0.325. The fourth-order valence-corrected chi connectivity index (χ4v) is 6.25. The van der Waals surface area contributed by atoms with E-state index in [0.717, 1.165) is 11.1 Å². The van der Waals surface area contributed by atoms with Gasteiger partial charge in [0, 0.05) is 25.2 Å². The van der Waals surface area contributed by atoms with Crippen LogP contribution in [0, 0.1) is 0 Å². The highest BCUT2D eigenvalue weighted by molar-refractivity contribution is 7.93. The monoisotopic (exact) mass is 507 g/mol. The van der Waals surface area contributed by atoms with E-state index in [-0.39, 0.29) is 36.7 Å². The van der Waals surface area contributed by atoms with Crippen LogP contribution in [0.15, 0.2) is 83.8 Å². The average Bonchev–Trinajstić information content (AvgIpc) is 2.92. The van der Waals surface area contributed by atoms with Gasteiger partial charge < -0.3 is 15.2 Å². The van der Waals surface area contributed by atoms with Gasteiger partial charge in [0.25, 0.3) is 0 Å². The summed E-state index contributed by atoms with van der Waals surface area (Å²) >= 11 is 0. The SMILES string of the molecule is NC(=O)C1(S(=O)(=O)c2ccc(OCCCC(=O)c3ccc(-c4ccccc4)cc3)cc2)CCOCC1. The van der Waals surface area contributed by atoms with Crippen molar-refractivity contribution in [3.63, 3.8) is 0 Å². The molecule has 3 aromatic carbocycles. The van der Waals surface area contributed by atoms with Crippen LogP contribution < -0.4 is 10.5 Å². The molecule has 0 aromatic heterocycles. The molecule has 4 rings (SSSR count). The molecule has 0 unspecified atom stereocenters. The van der Waals surface area contributed by atoms with Gasteiger partial charge in [-0.25, -0.2) is 8.42 Å². The van der Waals surface area contributed by atoms with Crippen LogP contribution in [0.2, 0.25) is 0 Å². The van der Waals surface area contributed by atoms with Crippen LogP contribution in [0.3, 0.4) is 0 Å². The second-order valence-corrected chi connectivity index (χ2v) is 11.0. The molecule has 0 atom stereocenters. The molecule has 1 aliphatic rings. The second-order valence-electron chi connectivity index (χ2n) is 8.76. The average molecular weight is 508 g/mol. The van der Waals surface area contributed by atoms with E-state index in [9.17, 15) is 18.0 Å². The van der Waals surface area contributed by atoms with E-state index in [4.69, 9.17) is 15.2 Å². The summed E-state index contributed by atoms with van der Waals surface area (Å²) in [5.74, 6) is -0.341. The van der Waals surface area contributed by atoms with Gasteiger partial charge in [-0.2, -0.15) is 0 Å². The van der Waals surface area contributed by atoms with Gasteiger partial charge in [-0.05, 0) is 54.7 Å².